The van der Waals surface area contributed by atoms with E-state index >= 15 is 0 Å². The molecule has 1 amide bonds. The van der Waals surface area contributed by atoms with Crippen molar-refractivity contribution in [3.63, 3.8) is 0 Å². The van der Waals surface area contributed by atoms with E-state index in [-0.39, 0.29) is 35.4 Å². The Labute approximate surface area is 223 Å². The molecule has 1 aliphatic heterocycles. The maximum Gasteiger partial charge on any atom is 0.277 e. The summed E-state index contributed by atoms with van der Waals surface area (Å²) in [7, 11) is 3.96. The lowest BCUT2D eigenvalue weighted by Crippen LogP contribution is -2.56. The molecule has 1 aliphatic rings. The van der Waals surface area contributed by atoms with E-state index in [0.29, 0.717) is 19.8 Å². The fourth-order valence-electron chi connectivity index (χ4n) is 4.75. The fraction of sp³-hybridized carbons (Fsp3) is 0.226. The van der Waals surface area contributed by atoms with Crippen LogP contribution in [-0.2, 0) is 6.61 Å². The molecule has 3 aromatic carbocycles. The Bertz CT molecular complexity index is 1380. The summed E-state index contributed by atoms with van der Waals surface area (Å²) in [6, 6.07) is 31.4. The van der Waals surface area contributed by atoms with E-state index in [0.717, 1.165) is 16.7 Å². The van der Waals surface area contributed by atoms with Crippen LogP contribution in [0, 0.1) is 0 Å². The molecule has 0 unspecified atom stereocenters. The van der Waals surface area contributed by atoms with Gasteiger partial charge in [0.15, 0.2) is 11.4 Å². The lowest BCUT2D eigenvalue weighted by molar-refractivity contribution is 0.0664. The molecule has 0 saturated heterocycles. The van der Waals surface area contributed by atoms with Crippen LogP contribution in [-0.4, -0.2) is 54.2 Å². The topological polar surface area (TPSA) is 58.0 Å². The third kappa shape index (κ3) is 5.33. The number of hydrogen-bond donors (Lipinski definition) is 0. The number of benzene rings is 3. The number of pyridine rings is 1. The molecular weight excluding hydrogens is 476 g/mol. The second kappa shape index (κ2) is 11.4. The number of fused-ring (bicyclic) bond motifs is 1. The number of nitrogens with zero attached hydrogens (tertiary/aromatic N) is 4. The Morgan fingerprint density at radius 1 is 0.816 bits per heavy atom. The molecule has 0 fully saturated rings. The smallest absolute Gasteiger partial charge is 0.277 e. The third-order valence-electron chi connectivity index (χ3n) is 6.69. The van der Waals surface area contributed by atoms with E-state index in [1.165, 1.54) is 6.07 Å². The highest BCUT2D eigenvalue weighted by Gasteiger charge is 2.36. The summed E-state index contributed by atoms with van der Waals surface area (Å²) in [5.41, 5.74) is 3.01. The Morgan fingerprint density at radius 2 is 1.39 bits per heavy atom. The molecule has 2 heterocycles. The van der Waals surface area contributed by atoms with Crippen LogP contribution in [0.1, 0.15) is 33.2 Å². The van der Waals surface area contributed by atoms with Crippen molar-refractivity contribution in [3.8, 4) is 5.75 Å². The van der Waals surface area contributed by atoms with Crippen molar-refractivity contribution in [1.82, 2.24) is 14.5 Å². The quantitative estimate of drug-likeness (QED) is 0.340. The van der Waals surface area contributed by atoms with Gasteiger partial charge in [0.1, 0.15) is 13.3 Å². The van der Waals surface area contributed by atoms with Gasteiger partial charge in [-0.3, -0.25) is 19.3 Å². The summed E-state index contributed by atoms with van der Waals surface area (Å²) >= 11 is 0. The number of rotatable bonds is 9. The number of likely N-dealkylation sites (N-methyl/N-ethyl adjacent to an activating group) is 1. The van der Waals surface area contributed by atoms with Gasteiger partial charge >= 0.3 is 0 Å². The summed E-state index contributed by atoms with van der Waals surface area (Å²) < 4.78 is 7.89. The summed E-state index contributed by atoms with van der Waals surface area (Å²) in [6.07, 6.45) is 1.69. The molecular formula is C31H32N4O3. The first-order chi connectivity index (χ1) is 18.5. The van der Waals surface area contributed by atoms with Crippen molar-refractivity contribution >= 4 is 5.91 Å². The van der Waals surface area contributed by atoms with Crippen LogP contribution in [0.2, 0.25) is 0 Å². The van der Waals surface area contributed by atoms with Gasteiger partial charge in [0.05, 0.1) is 6.04 Å². The van der Waals surface area contributed by atoms with Crippen molar-refractivity contribution in [2.75, 3.05) is 38.9 Å². The normalized spacial score (nSPS) is 13.2. The number of hydrogen-bond acceptors (Lipinski definition) is 5. The van der Waals surface area contributed by atoms with Gasteiger partial charge in [-0.25, -0.2) is 0 Å². The first-order valence-electron chi connectivity index (χ1n) is 12.8. The fourth-order valence-corrected chi connectivity index (χ4v) is 4.75. The minimum absolute atomic E-state index is 0.0702. The van der Waals surface area contributed by atoms with E-state index in [9.17, 15) is 9.59 Å². The second-order valence-corrected chi connectivity index (χ2v) is 9.65. The van der Waals surface area contributed by atoms with Crippen molar-refractivity contribution in [2.24, 2.45) is 0 Å². The molecule has 5 rings (SSSR count). The maximum absolute atomic E-state index is 13.9. The van der Waals surface area contributed by atoms with Crippen LogP contribution in [0.15, 0.2) is 108 Å². The van der Waals surface area contributed by atoms with Gasteiger partial charge < -0.3 is 14.5 Å². The highest BCUT2D eigenvalue weighted by atomic mass is 16.5. The van der Waals surface area contributed by atoms with Gasteiger partial charge in [-0.15, -0.1) is 0 Å². The molecule has 7 nitrogen and oxygen atoms in total. The van der Waals surface area contributed by atoms with Gasteiger partial charge in [-0.2, -0.15) is 0 Å². The Hall–Kier alpha value is -4.36. The third-order valence-corrected chi connectivity index (χ3v) is 6.69. The van der Waals surface area contributed by atoms with Gasteiger partial charge in [-0.05, 0) is 30.8 Å². The van der Waals surface area contributed by atoms with Crippen molar-refractivity contribution in [3.05, 3.63) is 136 Å². The van der Waals surface area contributed by atoms with E-state index in [1.807, 2.05) is 85.7 Å². The van der Waals surface area contributed by atoms with Crippen molar-refractivity contribution < 1.29 is 9.53 Å². The first-order valence-corrected chi connectivity index (χ1v) is 12.8. The lowest BCUT2D eigenvalue weighted by atomic mass is 9.98. The van der Waals surface area contributed by atoms with Crippen LogP contribution in [0.25, 0.3) is 0 Å². The highest BCUT2D eigenvalue weighted by molar-refractivity contribution is 5.96. The van der Waals surface area contributed by atoms with Gasteiger partial charge in [0.2, 0.25) is 5.43 Å². The molecule has 1 aromatic heterocycles. The van der Waals surface area contributed by atoms with Crippen LogP contribution in [0.3, 0.4) is 0 Å². The Morgan fingerprint density at radius 3 is 1.97 bits per heavy atom. The predicted octanol–water partition coefficient (Wildman–Crippen LogP) is 4.13. The first kappa shape index (κ1) is 25.3. The number of carbonyl (C=O) groups excluding carboxylic acids is 1. The molecule has 4 aromatic rings. The zero-order valence-electron chi connectivity index (χ0n) is 21.7. The van der Waals surface area contributed by atoms with Crippen molar-refractivity contribution in [2.45, 2.75) is 12.6 Å². The number of amides is 1. The SMILES string of the molecule is CN(C)CCN1CN(C(c2ccccc2)c2ccccc2)n2ccc(=O)c(OCc3ccccc3)c2C1=O. The summed E-state index contributed by atoms with van der Waals surface area (Å²) in [4.78, 5) is 30.8. The van der Waals surface area contributed by atoms with E-state index in [4.69, 9.17) is 4.74 Å². The van der Waals surface area contributed by atoms with Gasteiger partial charge in [0, 0.05) is 25.4 Å². The summed E-state index contributed by atoms with van der Waals surface area (Å²) in [5, 5.41) is 2.13. The van der Waals surface area contributed by atoms with Crippen LogP contribution in [0.4, 0.5) is 0 Å². The van der Waals surface area contributed by atoms with Gasteiger partial charge in [0.25, 0.3) is 5.91 Å². The number of aromatic nitrogens is 1. The molecule has 0 spiro atoms. The summed E-state index contributed by atoms with van der Waals surface area (Å²) in [5.74, 6) is -0.149. The number of carbonyl (C=O) groups is 1. The van der Waals surface area contributed by atoms with E-state index in [2.05, 4.69) is 29.3 Å². The number of ether oxygens (including phenoxy) is 1. The molecule has 0 atom stereocenters. The molecule has 0 radical (unpaired) electrons. The van der Waals surface area contributed by atoms with Crippen LogP contribution < -0.4 is 15.2 Å². The molecule has 0 aliphatic carbocycles. The van der Waals surface area contributed by atoms with Crippen LogP contribution >= 0.6 is 0 Å². The minimum Gasteiger partial charge on any atom is -0.482 e. The standard InChI is InChI=1S/C31H32N4O3/c1-32(2)20-21-33-23-35(28(25-14-8-4-9-15-25)26-16-10-5-11-17-26)34-19-18-27(36)30(29(34)31(33)37)38-22-24-12-6-3-7-13-24/h3-19,28H,20-23H2,1-2H3. The van der Waals surface area contributed by atoms with E-state index < -0.39 is 0 Å². The molecule has 0 saturated carbocycles. The van der Waals surface area contributed by atoms with Crippen LogP contribution in [0.5, 0.6) is 5.75 Å². The Kier molecular flexibility index (Phi) is 7.56. The minimum atomic E-state index is -0.314. The zero-order chi connectivity index (χ0) is 26.5. The zero-order valence-corrected chi connectivity index (χ0v) is 21.7. The largest absolute Gasteiger partial charge is 0.482 e. The Balaban J connectivity index is 1.64. The predicted molar refractivity (Wildman–Crippen MR) is 149 cm³/mol. The molecule has 38 heavy (non-hydrogen) atoms. The molecule has 7 heteroatoms. The maximum atomic E-state index is 13.9. The lowest BCUT2D eigenvalue weighted by Gasteiger charge is -2.44. The van der Waals surface area contributed by atoms with Gasteiger partial charge in [-0.1, -0.05) is 91.0 Å². The molecule has 0 bridgehead atoms. The van der Waals surface area contributed by atoms with E-state index in [1.54, 1.807) is 15.8 Å². The average molecular weight is 509 g/mol. The van der Waals surface area contributed by atoms with Crippen molar-refractivity contribution in [1.29, 1.82) is 0 Å². The summed E-state index contributed by atoms with van der Waals surface area (Å²) in [6.45, 7) is 1.76. The highest BCUT2D eigenvalue weighted by Crippen LogP contribution is 2.32. The average Bonchev–Trinajstić information content (AvgIpc) is 2.95. The monoisotopic (exact) mass is 508 g/mol. The molecule has 194 valence electrons. The second-order valence-electron chi connectivity index (χ2n) is 9.65. The molecule has 0 N–H and O–H groups in total.